The van der Waals surface area contributed by atoms with Gasteiger partial charge in [-0.15, -0.1) is 0 Å². The predicted molar refractivity (Wildman–Crippen MR) is 42.2 cm³/mol. The molecule has 0 spiro atoms. The second-order valence-corrected chi connectivity index (χ2v) is 2.59. The summed E-state index contributed by atoms with van der Waals surface area (Å²) in [5.74, 6) is 0. The Hall–Kier alpha value is -1.03. The highest BCUT2D eigenvalue weighted by Gasteiger charge is 2.32. The minimum Gasteiger partial charge on any atom is -0.380 e. The smallest absolute Gasteiger partial charge is 0.380 e. The Morgan fingerprint density at radius 3 is 2.38 bits per heavy atom. The van der Waals surface area contributed by atoms with Gasteiger partial charge < -0.3 is 4.74 Å². The van der Waals surface area contributed by atoms with E-state index in [1.807, 2.05) is 0 Å². The van der Waals surface area contributed by atoms with Gasteiger partial charge in [-0.3, -0.25) is 0 Å². The summed E-state index contributed by atoms with van der Waals surface area (Å²) in [5, 5.41) is 0. The van der Waals surface area contributed by atoms with Crippen molar-refractivity contribution in [3.05, 3.63) is 35.4 Å². The molecule has 0 radical (unpaired) electrons. The SMILES string of the molecule is COCc1ccccc1C(F)(F)F. The fourth-order valence-electron chi connectivity index (χ4n) is 1.08. The summed E-state index contributed by atoms with van der Waals surface area (Å²) in [6.45, 7) is -0.0182. The van der Waals surface area contributed by atoms with Gasteiger partial charge in [0.05, 0.1) is 12.2 Å². The molecule has 1 aromatic carbocycles. The van der Waals surface area contributed by atoms with Gasteiger partial charge >= 0.3 is 6.18 Å². The van der Waals surface area contributed by atoms with Gasteiger partial charge in [-0.2, -0.15) is 13.2 Å². The van der Waals surface area contributed by atoms with E-state index in [9.17, 15) is 13.2 Å². The van der Waals surface area contributed by atoms with Crippen molar-refractivity contribution in [3.63, 3.8) is 0 Å². The molecule has 1 aromatic rings. The Bertz CT molecular complexity index is 280. The number of alkyl halides is 3. The second kappa shape index (κ2) is 3.79. The van der Waals surface area contributed by atoms with Crippen LogP contribution in [0, 0.1) is 0 Å². The van der Waals surface area contributed by atoms with E-state index >= 15 is 0 Å². The minimum absolute atomic E-state index is 0.0182. The lowest BCUT2D eigenvalue weighted by molar-refractivity contribution is -0.138. The van der Waals surface area contributed by atoms with Crippen LogP contribution >= 0.6 is 0 Å². The zero-order valence-corrected chi connectivity index (χ0v) is 7.06. The highest BCUT2D eigenvalue weighted by atomic mass is 19.4. The number of halogens is 3. The van der Waals surface area contributed by atoms with Gasteiger partial charge in [-0.1, -0.05) is 18.2 Å². The number of ether oxygens (including phenoxy) is 1. The Morgan fingerprint density at radius 1 is 1.23 bits per heavy atom. The lowest BCUT2D eigenvalue weighted by atomic mass is 10.1. The maximum atomic E-state index is 12.3. The van der Waals surface area contributed by atoms with Gasteiger partial charge in [-0.25, -0.2) is 0 Å². The van der Waals surface area contributed by atoms with Gasteiger partial charge in [0, 0.05) is 7.11 Å². The van der Waals surface area contributed by atoms with Crippen LogP contribution in [-0.2, 0) is 17.5 Å². The van der Waals surface area contributed by atoms with Gasteiger partial charge in [0.25, 0.3) is 0 Å². The van der Waals surface area contributed by atoms with E-state index in [0.717, 1.165) is 6.07 Å². The average molecular weight is 190 g/mol. The summed E-state index contributed by atoms with van der Waals surface area (Å²) in [6, 6.07) is 5.38. The maximum Gasteiger partial charge on any atom is 0.416 e. The molecule has 0 N–H and O–H groups in total. The third-order valence-corrected chi connectivity index (χ3v) is 1.62. The molecule has 0 saturated heterocycles. The molecular weight excluding hydrogens is 181 g/mol. The molecule has 0 heterocycles. The maximum absolute atomic E-state index is 12.3. The normalized spacial score (nSPS) is 11.7. The summed E-state index contributed by atoms with van der Waals surface area (Å²) in [6.07, 6.45) is -4.30. The molecule has 0 amide bonds. The lowest BCUT2D eigenvalue weighted by Gasteiger charge is -2.11. The van der Waals surface area contributed by atoms with Gasteiger partial charge in [0.2, 0.25) is 0 Å². The van der Waals surface area contributed by atoms with Crippen LogP contribution in [0.4, 0.5) is 13.2 Å². The molecular formula is C9H9F3O. The molecule has 72 valence electrons. The molecule has 0 aliphatic rings. The summed E-state index contributed by atoms with van der Waals surface area (Å²) < 4.78 is 41.6. The number of methoxy groups -OCH3 is 1. The van der Waals surface area contributed by atoms with Crippen LogP contribution in [0.15, 0.2) is 24.3 Å². The van der Waals surface area contributed by atoms with Crippen molar-refractivity contribution in [2.45, 2.75) is 12.8 Å². The minimum atomic E-state index is -4.30. The van der Waals surface area contributed by atoms with Gasteiger partial charge in [0.15, 0.2) is 0 Å². The molecule has 0 aromatic heterocycles. The zero-order valence-electron chi connectivity index (χ0n) is 7.06. The van der Waals surface area contributed by atoms with E-state index in [1.54, 1.807) is 6.07 Å². The van der Waals surface area contributed by atoms with E-state index in [4.69, 9.17) is 0 Å². The second-order valence-electron chi connectivity index (χ2n) is 2.59. The summed E-state index contributed by atoms with van der Waals surface area (Å²) >= 11 is 0. The molecule has 0 aliphatic carbocycles. The van der Waals surface area contributed by atoms with Crippen LogP contribution in [0.25, 0.3) is 0 Å². The number of rotatable bonds is 2. The van der Waals surface area contributed by atoms with Crippen LogP contribution in [0.3, 0.4) is 0 Å². The third kappa shape index (κ3) is 2.45. The lowest BCUT2D eigenvalue weighted by Crippen LogP contribution is -2.09. The average Bonchev–Trinajstić information content (AvgIpc) is 2.04. The highest BCUT2D eigenvalue weighted by Crippen LogP contribution is 2.31. The Kier molecular flexibility index (Phi) is 2.93. The van der Waals surface area contributed by atoms with Crippen molar-refractivity contribution >= 4 is 0 Å². The molecule has 4 heteroatoms. The first-order chi connectivity index (χ1) is 6.05. The first-order valence-electron chi connectivity index (χ1n) is 3.69. The molecule has 0 fully saturated rings. The van der Waals surface area contributed by atoms with E-state index in [-0.39, 0.29) is 12.2 Å². The van der Waals surface area contributed by atoms with Crippen molar-refractivity contribution in [2.75, 3.05) is 7.11 Å². The number of benzene rings is 1. The van der Waals surface area contributed by atoms with Crippen LogP contribution in [-0.4, -0.2) is 7.11 Å². The van der Waals surface area contributed by atoms with E-state index < -0.39 is 11.7 Å². The van der Waals surface area contributed by atoms with E-state index in [2.05, 4.69) is 4.74 Å². The fraction of sp³-hybridized carbons (Fsp3) is 0.333. The summed E-state index contributed by atoms with van der Waals surface area (Å²) in [7, 11) is 1.37. The Balaban J connectivity index is 3.05. The van der Waals surface area contributed by atoms with Crippen LogP contribution in [0.2, 0.25) is 0 Å². The topological polar surface area (TPSA) is 9.23 Å². The number of hydrogen-bond donors (Lipinski definition) is 0. The first-order valence-corrected chi connectivity index (χ1v) is 3.69. The third-order valence-electron chi connectivity index (χ3n) is 1.62. The molecule has 0 saturated carbocycles. The molecule has 0 bridgehead atoms. The Labute approximate surface area is 74.1 Å². The van der Waals surface area contributed by atoms with Crippen LogP contribution in [0.5, 0.6) is 0 Å². The molecule has 1 rings (SSSR count). The quantitative estimate of drug-likeness (QED) is 0.696. The van der Waals surface area contributed by atoms with Crippen LogP contribution < -0.4 is 0 Å². The van der Waals surface area contributed by atoms with Crippen molar-refractivity contribution in [3.8, 4) is 0 Å². The highest BCUT2D eigenvalue weighted by molar-refractivity contribution is 5.28. The fourth-order valence-corrected chi connectivity index (χ4v) is 1.08. The molecule has 0 unspecified atom stereocenters. The van der Waals surface area contributed by atoms with Crippen LogP contribution in [0.1, 0.15) is 11.1 Å². The van der Waals surface area contributed by atoms with Gasteiger partial charge in [-0.05, 0) is 11.6 Å². The molecule has 1 nitrogen and oxygen atoms in total. The first kappa shape index (κ1) is 10.1. The largest absolute Gasteiger partial charge is 0.416 e. The molecule has 0 atom stereocenters. The molecule has 13 heavy (non-hydrogen) atoms. The van der Waals surface area contributed by atoms with Crippen molar-refractivity contribution in [1.29, 1.82) is 0 Å². The van der Waals surface area contributed by atoms with Gasteiger partial charge in [0.1, 0.15) is 0 Å². The van der Waals surface area contributed by atoms with E-state index in [1.165, 1.54) is 19.2 Å². The zero-order chi connectivity index (χ0) is 9.90. The van der Waals surface area contributed by atoms with Crippen molar-refractivity contribution in [1.82, 2.24) is 0 Å². The summed E-state index contributed by atoms with van der Waals surface area (Å²) in [5.41, 5.74) is -0.464. The van der Waals surface area contributed by atoms with Crippen molar-refractivity contribution in [2.24, 2.45) is 0 Å². The predicted octanol–water partition coefficient (Wildman–Crippen LogP) is 2.85. The standard InChI is InChI=1S/C9H9F3O/c1-13-6-7-4-2-3-5-8(7)9(10,11)12/h2-5H,6H2,1H3. The number of hydrogen-bond acceptors (Lipinski definition) is 1. The Morgan fingerprint density at radius 2 is 1.85 bits per heavy atom. The molecule has 0 aliphatic heterocycles. The van der Waals surface area contributed by atoms with E-state index in [0.29, 0.717) is 0 Å². The monoisotopic (exact) mass is 190 g/mol. The summed E-state index contributed by atoms with van der Waals surface area (Å²) in [4.78, 5) is 0. The van der Waals surface area contributed by atoms with Crippen molar-refractivity contribution < 1.29 is 17.9 Å².